The molecule has 1 aliphatic rings. The van der Waals surface area contributed by atoms with Gasteiger partial charge in [0.05, 0.1) is 0 Å². The quantitative estimate of drug-likeness (QED) is 0.771. The molecule has 2 aromatic rings. The second-order valence-corrected chi connectivity index (χ2v) is 8.47. The minimum absolute atomic E-state index is 0.406. The maximum atomic E-state index is 4.94. The van der Waals surface area contributed by atoms with Crippen molar-refractivity contribution in [2.75, 3.05) is 13.2 Å². The molecule has 1 heterocycles. The molecule has 1 aliphatic heterocycles. The van der Waals surface area contributed by atoms with Crippen molar-refractivity contribution in [3.05, 3.63) is 57.6 Å². The second kappa shape index (κ2) is 8.86. The Morgan fingerprint density at radius 2 is 0.958 bits per heavy atom. The first-order chi connectivity index (χ1) is 11.4. The van der Waals surface area contributed by atoms with Crippen LogP contribution in [-0.2, 0) is 20.0 Å². The van der Waals surface area contributed by atoms with Gasteiger partial charge in [0, 0.05) is 13.2 Å². The summed E-state index contributed by atoms with van der Waals surface area (Å²) in [4.78, 5) is 0. The Kier molecular flexibility index (Phi) is 7.11. The second-order valence-electron chi connectivity index (χ2n) is 6.88. The van der Waals surface area contributed by atoms with Crippen LogP contribution in [0.4, 0.5) is 0 Å². The summed E-state index contributed by atoms with van der Waals surface area (Å²) in [6, 6.07) is 9.23. The van der Waals surface area contributed by atoms with Gasteiger partial charge in [-0.15, -0.1) is 0 Å². The summed E-state index contributed by atoms with van der Waals surface area (Å²) in [5, 5.41) is 0. The van der Waals surface area contributed by atoms with Crippen LogP contribution < -0.4 is 8.85 Å². The molecule has 0 unspecified atom stereocenters. The molecule has 0 spiro atoms. The van der Waals surface area contributed by atoms with Crippen LogP contribution in [-0.4, -0.2) is 13.2 Å². The first-order valence-electron chi connectivity index (χ1n) is 8.79. The predicted molar refractivity (Wildman–Crippen MR) is 101 cm³/mol. The van der Waals surface area contributed by atoms with E-state index in [9.17, 15) is 0 Å². The van der Waals surface area contributed by atoms with E-state index in [1.807, 2.05) is 0 Å². The molecule has 0 amide bonds. The first-order valence-corrected chi connectivity index (χ1v) is 10.1. The first kappa shape index (κ1) is 19.3. The summed E-state index contributed by atoms with van der Waals surface area (Å²) in [7, 11) is 0. The van der Waals surface area contributed by atoms with E-state index in [4.69, 9.17) is 4.74 Å². The molecule has 24 heavy (non-hydrogen) atoms. The number of rotatable bonds is 2. The number of ether oxygens (including phenoxy) is 1. The van der Waals surface area contributed by atoms with Gasteiger partial charge in [-0.2, -0.15) is 0 Å². The monoisotopic (exact) mass is 362 g/mol. The molecule has 2 aromatic carbocycles. The van der Waals surface area contributed by atoms with Crippen molar-refractivity contribution in [3.8, 4) is 0 Å². The van der Waals surface area contributed by atoms with E-state index < -0.39 is 0 Å². The Morgan fingerprint density at radius 3 is 1.21 bits per heavy atom. The molecule has 0 N–H and O–H groups in total. The molecule has 1 nitrogen and oxygen atoms in total. The van der Waals surface area contributed by atoms with E-state index >= 15 is 0 Å². The van der Waals surface area contributed by atoms with Crippen LogP contribution in [0.15, 0.2) is 24.3 Å². The van der Waals surface area contributed by atoms with Crippen LogP contribution in [0.3, 0.4) is 0 Å². The fraction of sp³-hybridized carbons (Fsp3) is 0.455. The molecular formula is C22H30CrO. The zero-order valence-electron chi connectivity index (χ0n) is 16.0. The third-order valence-electron chi connectivity index (χ3n) is 4.24. The van der Waals surface area contributed by atoms with Crippen molar-refractivity contribution in [1.29, 1.82) is 0 Å². The zero-order valence-corrected chi connectivity index (χ0v) is 17.2. The maximum absolute atomic E-state index is 4.94. The number of hydrogen-bond acceptors (Lipinski definition) is 1. The van der Waals surface area contributed by atoms with Gasteiger partial charge in [0.1, 0.15) is 0 Å². The number of benzene rings is 2. The fourth-order valence-corrected chi connectivity index (χ4v) is 4.96. The zero-order chi connectivity index (χ0) is 17.7. The van der Waals surface area contributed by atoms with Crippen LogP contribution in [0.5, 0.6) is 0 Å². The van der Waals surface area contributed by atoms with Crippen LogP contribution in [0, 0.1) is 41.5 Å². The SMILES string of the molecule is C1CCOC1.Cc1cc(C)[c]([Cr][c]2c(C)cc(C)cc2C)c(C)c1. The van der Waals surface area contributed by atoms with Gasteiger partial charge in [-0.05, 0) is 12.8 Å². The van der Waals surface area contributed by atoms with Gasteiger partial charge in [0.2, 0.25) is 0 Å². The van der Waals surface area contributed by atoms with E-state index in [2.05, 4.69) is 65.8 Å². The van der Waals surface area contributed by atoms with Crippen molar-refractivity contribution < 1.29 is 20.0 Å². The number of hydrogen-bond donors (Lipinski definition) is 0. The fourth-order valence-electron chi connectivity index (χ4n) is 3.27. The Morgan fingerprint density at radius 1 is 0.625 bits per heavy atom. The van der Waals surface area contributed by atoms with Gasteiger partial charge in [-0.3, -0.25) is 0 Å². The van der Waals surface area contributed by atoms with Gasteiger partial charge in [-0.1, -0.05) is 0 Å². The molecule has 130 valence electrons. The van der Waals surface area contributed by atoms with E-state index in [0.29, 0.717) is 15.2 Å². The molecule has 0 radical (unpaired) electrons. The molecule has 0 saturated carbocycles. The van der Waals surface area contributed by atoms with Crippen LogP contribution in [0.25, 0.3) is 0 Å². The summed E-state index contributed by atoms with van der Waals surface area (Å²) in [5.41, 5.74) is 8.50. The van der Waals surface area contributed by atoms with Crippen molar-refractivity contribution >= 4 is 8.85 Å². The van der Waals surface area contributed by atoms with Crippen LogP contribution in [0.2, 0.25) is 0 Å². The average molecular weight is 362 g/mol. The number of aryl methyl sites for hydroxylation is 6. The summed E-state index contributed by atoms with van der Waals surface area (Å²) in [6.07, 6.45) is 2.56. The molecule has 1 fully saturated rings. The van der Waals surface area contributed by atoms with Gasteiger partial charge in [0.25, 0.3) is 0 Å². The normalized spacial score (nSPS) is 13.6. The van der Waals surface area contributed by atoms with Gasteiger partial charge >= 0.3 is 123 Å². The minimum atomic E-state index is 0.406. The van der Waals surface area contributed by atoms with Crippen LogP contribution >= 0.6 is 0 Å². The Bertz CT molecular complexity index is 590. The standard InChI is InChI=1S/2C9H11.C4H8O.Cr/c2*1-7-4-8(2)6-9(3)5-7;1-2-4-5-3-1;/h2*4-5H,1-3H3;1-4H2;. The molecule has 0 aliphatic carbocycles. The van der Waals surface area contributed by atoms with Crippen molar-refractivity contribution in [3.63, 3.8) is 0 Å². The van der Waals surface area contributed by atoms with E-state index in [1.165, 1.54) is 46.2 Å². The summed E-state index contributed by atoms with van der Waals surface area (Å²) >= 11 is 0.406. The Hall–Kier alpha value is -1.07. The Balaban J connectivity index is 0.000000355. The molecular weight excluding hydrogens is 332 g/mol. The van der Waals surface area contributed by atoms with E-state index in [0.717, 1.165) is 13.2 Å². The summed E-state index contributed by atoms with van der Waals surface area (Å²) in [6.45, 7) is 15.3. The van der Waals surface area contributed by atoms with Gasteiger partial charge < -0.3 is 4.74 Å². The average Bonchev–Trinajstić information content (AvgIpc) is 3.03. The molecule has 0 bridgehead atoms. The summed E-state index contributed by atoms with van der Waals surface area (Å²) in [5.74, 6) is 0. The molecule has 1 saturated heterocycles. The van der Waals surface area contributed by atoms with Crippen molar-refractivity contribution in [2.45, 2.75) is 54.4 Å². The van der Waals surface area contributed by atoms with E-state index in [-0.39, 0.29) is 0 Å². The van der Waals surface area contributed by atoms with E-state index in [1.54, 1.807) is 8.85 Å². The molecule has 0 aromatic heterocycles. The summed E-state index contributed by atoms with van der Waals surface area (Å²) < 4.78 is 8.04. The van der Waals surface area contributed by atoms with Gasteiger partial charge in [-0.25, -0.2) is 0 Å². The predicted octanol–water partition coefficient (Wildman–Crippen LogP) is 4.37. The van der Waals surface area contributed by atoms with Crippen molar-refractivity contribution in [2.24, 2.45) is 0 Å². The van der Waals surface area contributed by atoms with Crippen LogP contribution in [0.1, 0.15) is 46.2 Å². The molecule has 0 atom stereocenters. The van der Waals surface area contributed by atoms with Gasteiger partial charge in [0.15, 0.2) is 0 Å². The third kappa shape index (κ3) is 5.22. The molecule has 3 rings (SSSR count). The third-order valence-corrected chi connectivity index (χ3v) is 6.89. The van der Waals surface area contributed by atoms with Crippen molar-refractivity contribution in [1.82, 2.24) is 0 Å². The topological polar surface area (TPSA) is 9.23 Å². The molecule has 2 heteroatoms. The Labute approximate surface area is 154 Å².